The second kappa shape index (κ2) is 10.5. The van der Waals surface area contributed by atoms with E-state index in [0.717, 1.165) is 30.5 Å². The van der Waals surface area contributed by atoms with Gasteiger partial charge in [-0.3, -0.25) is 4.57 Å². The molecule has 1 fully saturated rings. The Labute approximate surface area is 224 Å². The summed E-state index contributed by atoms with van der Waals surface area (Å²) in [5.41, 5.74) is 2.42. The average molecular weight is 523 g/mol. The number of aromatic nitrogens is 1. The number of rotatable bonds is 4. The van der Waals surface area contributed by atoms with E-state index < -0.39 is 17.3 Å². The maximum absolute atomic E-state index is 15.4. The molecule has 0 spiro atoms. The second-order valence-corrected chi connectivity index (χ2v) is 12.3. The zero-order valence-electron chi connectivity index (χ0n) is 23.5. The minimum atomic E-state index is -0.633. The molecule has 0 unspecified atom stereocenters. The van der Waals surface area contributed by atoms with Gasteiger partial charge in [-0.25, -0.2) is 14.0 Å². The first-order valence-corrected chi connectivity index (χ1v) is 13.3. The Morgan fingerprint density at radius 3 is 2.32 bits per heavy atom. The number of carbonyl (C=O) groups is 2. The molecule has 3 aromatic rings. The third-order valence-electron chi connectivity index (χ3n) is 6.87. The van der Waals surface area contributed by atoms with E-state index in [1.807, 2.05) is 66.7 Å². The molecular weight excluding hydrogens is 483 g/mol. The molecule has 0 saturated carbocycles. The van der Waals surface area contributed by atoms with Gasteiger partial charge in [-0.05, 0) is 121 Å². The molecule has 0 radical (unpaired) electrons. The highest BCUT2D eigenvalue weighted by molar-refractivity contribution is 5.94. The SMILES string of the molecule is Cc1cc(F)c(C[C@@H]2CCNC[C@H]2c2ccc(C(=O)OC(C)(C)C)cc2)c2ccn(C(=O)OC(C)(C)C)c12. The van der Waals surface area contributed by atoms with Gasteiger partial charge in [0, 0.05) is 18.1 Å². The van der Waals surface area contributed by atoms with Crippen molar-refractivity contribution in [2.75, 3.05) is 13.1 Å². The van der Waals surface area contributed by atoms with E-state index in [2.05, 4.69) is 5.32 Å². The summed E-state index contributed by atoms with van der Waals surface area (Å²) in [6.07, 6.45) is 2.63. The molecule has 4 rings (SSSR count). The van der Waals surface area contributed by atoms with Crippen LogP contribution < -0.4 is 5.32 Å². The summed E-state index contributed by atoms with van der Waals surface area (Å²) < 4.78 is 28.0. The molecule has 1 aliphatic rings. The normalized spacial score (nSPS) is 18.4. The third-order valence-corrected chi connectivity index (χ3v) is 6.87. The Bertz CT molecular complexity index is 1330. The highest BCUT2D eigenvalue weighted by atomic mass is 19.1. The van der Waals surface area contributed by atoms with Crippen molar-refractivity contribution in [2.45, 2.75) is 78.4 Å². The number of piperidine rings is 1. The Morgan fingerprint density at radius 1 is 1.03 bits per heavy atom. The number of halogens is 1. The van der Waals surface area contributed by atoms with Gasteiger partial charge in [0.05, 0.1) is 11.1 Å². The predicted octanol–water partition coefficient (Wildman–Crippen LogP) is 6.76. The standard InChI is InChI=1S/C31H39FN2O4/c1-19-16-26(32)24(23-13-15-34(27(19)23)29(36)38-31(5,6)7)17-22-12-14-33-18-25(22)20-8-10-21(11-9-20)28(35)37-30(2,3)4/h8-11,13,15-16,22,25,33H,12,14,17-18H2,1-7H3/t22-,25-/m0/s1. The number of nitrogens with zero attached hydrogens (tertiary/aromatic N) is 1. The molecule has 1 saturated heterocycles. The van der Waals surface area contributed by atoms with Gasteiger partial charge in [0.15, 0.2) is 0 Å². The fourth-order valence-electron chi connectivity index (χ4n) is 5.24. The molecule has 204 valence electrons. The first-order chi connectivity index (χ1) is 17.7. The Kier molecular flexibility index (Phi) is 7.71. The fraction of sp³-hybridized carbons (Fsp3) is 0.484. The van der Waals surface area contributed by atoms with Crippen LogP contribution in [0.15, 0.2) is 42.6 Å². The lowest BCUT2D eigenvalue weighted by Gasteiger charge is -2.33. The van der Waals surface area contributed by atoms with Crippen molar-refractivity contribution in [3.8, 4) is 0 Å². The maximum atomic E-state index is 15.4. The number of benzene rings is 2. The van der Waals surface area contributed by atoms with Gasteiger partial charge in [-0.2, -0.15) is 0 Å². The van der Waals surface area contributed by atoms with Crippen LogP contribution >= 0.6 is 0 Å². The minimum Gasteiger partial charge on any atom is -0.456 e. The summed E-state index contributed by atoms with van der Waals surface area (Å²) in [4.78, 5) is 25.3. The average Bonchev–Trinajstić information content (AvgIpc) is 3.26. The Hall–Kier alpha value is -3.19. The molecular formula is C31H39FN2O4. The lowest BCUT2D eigenvalue weighted by atomic mass is 9.77. The molecule has 0 bridgehead atoms. The molecule has 38 heavy (non-hydrogen) atoms. The van der Waals surface area contributed by atoms with Gasteiger partial charge in [0.2, 0.25) is 0 Å². The van der Waals surface area contributed by atoms with Gasteiger partial charge in [-0.15, -0.1) is 0 Å². The summed E-state index contributed by atoms with van der Waals surface area (Å²) in [7, 11) is 0. The van der Waals surface area contributed by atoms with Crippen LogP contribution in [0.2, 0.25) is 0 Å². The van der Waals surface area contributed by atoms with E-state index in [0.29, 0.717) is 28.6 Å². The number of carbonyl (C=O) groups excluding carboxylic acids is 2. The summed E-state index contributed by atoms with van der Waals surface area (Å²) in [5, 5.41) is 4.21. The van der Waals surface area contributed by atoms with Gasteiger partial charge in [-0.1, -0.05) is 12.1 Å². The number of fused-ring (bicyclic) bond motifs is 1. The Balaban J connectivity index is 1.62. The highest BCUT2D eigenvalue weighted by Crippen LogP contribution is 2.36. The lowest BCUT2D eigenvalue weighted by molar-refractivity contribution is 0.00692. The first-order valence-electron chi connectivity index (χ1n) is 13.3. The minimum absolute atomic E-state index is 0.153. The van der Waals surface area contributed by atoms with Gasteiger partial charge in [0.25, 0.3) is 0 Å². The molecule has 1 N–H and O–H groups in total. The third kappa shape index (κ3) is 6.26. The molecule has 7 heteroatoms. The molecule has 6 nitrogen and oxygen atoms in total. The van der Waals surface area contributed by atoms with Gasteiger partial charge >= 0.3 is 12.1 Å². The van der Waals surface area contributed by atoms with E-state index in [9.17, 15) is 9.59 Å². The van der Waals surface area contributed by atoms with E-state index in [1.165, 1.54) is 10.6 Å². The van der Waals surface area contributed by atoms with Crippen LogP contribution in [0.1, 0.15) is 80.9 Å². The van der Waals surface area contributed by atoms with Crippen LogP contribution in [0, 0.1) is 18.7 Å². The van der Waals surface area contributed by atoms with Crippen molar-refractivity contribution in [1.82, 2.24) is 9.88 Å². The predicted molar refractivity (Wildman–Crippen MR) is 147 cm³/mol. The Morgan fingerprint density at radius 2 is 1.68 bits per heavy atom. The number of esters is 1. The van der Waals surface area contributed by atoms with Gasteiger partial charge < -0.3 is 14.8 Å². The zero-order valence-corrected chi connectivity index (χ0v) is 23.5. The first kappa shape index (κ1) is 27.8. The monoisotopic (exact) mass is 522 g/mol. The highest BCUT2D eigenvalue weighted by Gasteiger charge is 2.30. The summed E-state index contributed by atoms with van der Waals surface area (Å²) in [6.45, 7) is 14.5. The smallest absolute Gasteiger partial charge is 0.419 e. The molecule has 2 atom stereocenters. The van der Waals surface area contributed by atoms with Crippen molar-refractivity contribution in [2.24, 2.45) is 5.92 Å². The maximum Gasteiger partial charge on any atom is 0.419 e. The number of hydrogen-bond acceptors (Lipinski definition) is 5. The van der Waals surface area contributed by atoms with Crippen molar-refractivity contribution < 1.29 is 23.5 Å². The van der Waals surface area contributed by atoms with Crippen molar-refractivity contribution in [3.63, 3.8) is 0 Å². The van der Waals surface area contributed by atoms with Crippen LogP contribution in [-0.4, -0.2) is 40.9 Å². The van der Waals surface area contributed by atoms with Gasteiger partial charge in [0.1, 0.15) is 17.0 Å². The fourth-order valence-corrected chi connectivity index (χ4v) is 5.24. The number of aryl methyl sites for hydroxylation is 1. The molecule has 1 aliphatic heterocycles. The topological polar surface area (TPSA) is 69.6 Å². The van der Waals surface area contributed by atoms with Crippen LogP contribution in [0.25, 0.3) is 10.9 Å². The van der Waals surface area contributed by atoms with Crippen molar-refractivity contribution in [3.05, 3.63) is 70.7 Å². The van der Waals surface area contributed by atoms with Crippen LogP contribution in [0.5, 0.6) is 0 Å². The molecule has 1 aromatic heterocycles. The molecule has 0 aliphatic carbocycles. The molecule has 2 aromatic carbocycles. The van der Waals surface area contributed by atoms with Crippen LogP contribution in [0.4, 0.5) is 9.18 Å². The van der Waals surface area contributed by atoms with Crippen molar-refractivity contribution in [1.29, 1.82) is 0 Å². The number of hydrogen-bond donors (Lipinski definition) is 1. The molecule has 0 amide bonds. The van der Waals surface area contributed by atoms with E-state index in [1.54, 1.807) is 18.3 Å². The quantitative estimate of drug-likeness (QED) is 0.383. The largest absolute Gasteiger partial charge is 0.456 e. The summed E-state index contributed by atoms with van der Waals surface area (Å²) >= 11 is 0. The van der Waals surface area contributed by atoms with Crippen LogP contribution in [-0.2, 0) is 15.9 Å². The molecule has 2 heterocycles. The lowest BCUT2D eigenvalue weighted by Crippen LogP contribution is -2.36. The number of ether oxygens (including phenoxy) is 2. The van der Waals surface area contributed by atoms with Crippen LogP contribution in [0.3, 0.4) is 0 Å². The summed E-state index contributed by atoms with van der Waals surface area (Å²) in [5.74, 6) is -0.260. The van der Waals surface area contributed by atoms with E-state index >= 15 is 4.39 Å². The summed E-state index contributed by atoms with van der Waals surface area (Å²) in [6, 6.07) is 10.9. The second-order valence-electron chi connectivity index (χ2n) is 12.3. The zero-order chi connectivity index (χ0) is 27.8. The van der Waals surface area contributed by atoms with E-state index in [-0.39, 0.29) is 23.6 Å². The van der Waals surface area contributed by atoms with Crippen molar-refractivity contribution >= 4 is 23.0 Å². The van der Waals surface area contributed by atoms with E-state index in [4.69, 9.17) is 9.47 Å². The number of nitrogens with one attached hydrogen (secondary N) is 1.